The lowest BCUT2D eigenvalue weighted by molar-refractivity contribution is -0.393. The second-order valence-corrected chi connectivity index (χ2v) is 9.26. The first-order valence-corrected chi connectivity index (χ1v) is 9.26. The van der Waals surface area contributed by atoms with Crippen LogP contribution in [0.3, 0.4) is 0 Å². The van der Waals surface area contributed by atoms with E-state index in [2.05, 4.69) is 0 Å². The lowest BCUT2D eigenvalue weighted by atomic mass is 9.81. The Balaban J connectivity index is 1.92. The lowest BCUT2D eigenvalue weighted by Gasteiger charge is -2.57. The number of aldehydes is 1. The molecule has 1 spiro atoms. The molecule has 0 bridgehead atoms. The fourth-order valence-corrected chi connectivity index (χ4v) is 4.12. The summed E-state index contributed by atoms with van der Waals surface area (Å²) in [7, 11) is 1.57. The van der Waals surface area contributed by atoms with Gasteiger partial charge in [-0.2, -0.15) is 0 Å². The van der Waals surface area contributed by atoms with Crippen molar-refractivity contribution in [2.24, 2.45) is 5.92 Å². The molecular weight excluding hydrogens is 338 g/mol. The second-order valence-electron chi connectivity index (χ2n) is 9.26. The summed E-state index contributed by atoms with van der Waals surface area (Å²) in [6, 6.07) is 0. The molecule has 7 nitrogen and oxygen atoms in total. The molecule has 3 fully saturated rings. The van der Waals surface area contributed by atoms with Crippen molar-refractivity contribution in [3.8, 4) is 0 Å². The molecule has 1 saturated carbocycles. The van der Waals surface area contributed by atoms with Gasteiger partial charge in [-0.05, 0) is 54.4 Å². The van der Waals surface area contributed by atoms with E-state index in [9.17, 15) is 9.59 Å². The van der Waals surface area contributed by atoms with Gasteiger partial charge >= 0.3 is 6.09 Å². The molecule has 1 amide bonds. The van der Waals surface area contributed by atoms with Crippen molar-refractivity contribution in [2.75, 3.05) is 13.7 Å². The zero-order valence-electron chi connectivity index (χ0n) is 16.8. The molecule has 7 heteroatoms. The van der Waals surface area contributed by atoms with E-state index in [1.807, 2.05) is 41.5 Å². The minimum atomic E-state index is -0.977. The van der Waals surface area contributed by atoms with Crippen LogP contribution in [-0.4, -0.2) is 65.7 Å². The van der Waals surface area contributed by atoms with E-state index in [4.69, 9.17) is 18.9 Å². The van der Waals surface area contributed by atoms with Gasteiger partial charge in [0, 0.05) is 7.11 Å². The highest BCUT2D eigenvalue weighted by Gasteiger charge is 2.67. The minimum absolute atomic E-state index is 0.318. The van der Waals surface area contributed by atoms with Crippen LogP contribution < -0.4 is 0 Å². The third-order valence-corrected chi connectivity index (χ3v) is 6.05. The Morgan fingerprint density at radius 1 is 1.19 bits per heavy atom. The zero-order valence-corrected chi connectivity index (χ0v) is 16.8. The number of piperidine rings is 1. The van der Waals surface area contributed by atoms with Crippen LogP contribution in [0.15, 0.2) is 0 Å². The number of carbonyl (C=O) groups is 2. The molecule has 4 atom stereocenters. The van der Waals surface area contributed by atoms with Crippen LogP contribution in [0.5, 0.6) is 0 Å². The van der Waals surface area contributed by atoms with Crippen molar-refractivity contribution in [1.82, 2.24) is 4.90 Å². The third kappa shape index (κ3) is 2.94. The predicted octanol–water partition coefficient (Wildman–Crippen LogP) is 2.51. The quantitative estimate of drug-likeness (QED) is 0.696. The molecular formula is C19H31NO6. The second kappa shape index (κ2) is 5.91. The summed E-state index contributed by atoms with van der Waals surface area (Å²) in [5.74, 6) is -1.43. The molecule has 3 rings (SSSR count). The summed E-state index contributed by atoms with van der Waals surface area (Å²) in [5, 5.41) is 0. The standard InChI is InChI=1S/C19H31NO6/c1-16(2,3)26-15(22)20-10-13-14(12(11-21)19(20)8-9-19)25-17(4,5)18(6,23-7)24-13/h11-14H,8-10H2,1-7H3/t12-,13-,14-,18+/m1/s1. The molecule has 0 aromatic heterocycles. The van der Waals surface area contributed by atoms with Gasteiger partial charge in [0.1, 0.15) is 23.6 Å². The molecule has 0 N–H and O–H groups in total. The Morgan fingerprint density at radius 2 is 1.81 bits per heavy atom. The number of fused-ring (bicyclic) bond motifs is 1. The van der Waals surface area contributed by atoms with Gasteiger partial charge in [0.2, 0.25) is 0 Å². The number of ether oxygens (including phenoxy) is 4. The van der Waals surface area contributed by atoms with Crippen molar-refractivity contribution < 1.29 is 28.5 Å². The fraction of sp³-hybridized carbons (Fsp3) is 0.895. The van der Waals surface area contributed by atoms with Crippen molar-refractivity contribution in [2.45, 2.75) is 89.1 Å². The van der Waals surface area contributed by atoms with E-state index >= 15 is 0 Å². The zero-order chi connectivity index (χ0) is 19.5. The van der Waals surface area contributed by atoms with Gasteiger partial charge in [-0.15, -0.1) is 0 Å². The lowest BCUT2D eigenvalue weighted by Crippen LogP contribution is -2.72. The van der Waals surface area contributed by atoms with E-state index in [-0.39, 0.29) is 0 Å². The van der Waals surface area contributed by atoms with E-state index in [1.54, 1.807) is 12.0 Å². The van der Waals surface area contributed by atoms with Crippen molar-refractivity contribution >= 4 is 12.4 Å². The molecule has 1 aliphatic carbocycles. The molecule has 0 radical (unpaired) electrons. The number of likely N-dealkylation sites (tertiary alicyclic amines) is 1. The van der Waals surface area contributed by atoms with Gasteiger partial charge in [-0.1, -0.05) is 0 Å². The van der Waals surface area contributed by atoms with Crippen LogP contribution in [0.25, 0.3) is 0 Å². The van der Waals surface area contributed by atoms with Crippen LogP contribution in [-0.2, 0) is 23.7 Å². The molecule has 3 aliphatic rings. The molecule has 2 aliphatic heterocycles. The predicted molar refractivity (Wildman–Crippen MR) is 93.7 cm³/mol. The molecule has 0 aromatic rings. The van der Waals surface area contributed by atoms with Crippen LogP contribution in [0.4, 0.5) is 4.79 Å². The van der Waals surface area contributed by atoms with Gasteiger partial charge in [-0.25, -0.2) is 4.79 Å². The molecule has 2 heterocycles. The smallest absolute Gasteiger partial charge is 0.410 e. The average molecular weight is 369 g/mol. The highest BCUT2D eigenvalue weighted by Crippen LogP contribution is 2.55. The normalized spacial score (nSPS) is 37.8. The first-order valence-electron chi connectivity index (χ1n) is 9.26. The summed E-state index contributed by atoms with van der Waals surface area (Å²) >= 11 is 0. The maximum absolute atomic E-state index is 12.8. The largest absolute Gasteiger partial charge is 0.444 e. The topological polar surface area (TPSA) is 74.3 Å². The Bertz CT molecular complexity index is 593. The summed E-state index contributed by atoms with van der Waals surface area (Å²) in [5.41, 5.74) is -1.85. The van der Waals surface area contributed by atoms with Crippen LogP contribution in [0.2, 0.25) is 0 Å². The molecule has 0 unspecified atom stereocenters. The number of hydrogen-bond acceptors (Lipinski definition) is 6. The third-order valence-electron chi connectivity index (χ3n) is 6.05. The highest BCUT2D eigenvalue weighted by atomic mass is 16.7. The van der Waals surface area contributed by atoms with E-state index in [1.165, 1.54) is 0 Å². The Kier molecular flexibility index (Phi) is 4.45. The van der Waals surface area contributed by atoms with Crippen LogP contribution in [0, 0.1) is 5.92 Å². The number of hydrogen-bond donors (Lipinski definition) is 0. The fourth-order valence-electron chi connectivity index (χ4n) is 4.12. The average Bonchev–Trinajstić information content (AvgIpc) is 3.28. The summed E-state index contributed by atoms with van der Waals surface area (Å²) in [6.45, 7) is 11.4. The Hall–Kier alpha value is -1.18. The van der Waals surface area contributed by atoms with Crippen LogP contribution in [0.1, 0.15) is 54.4 Å². The number of rotatable bonds is 2. The molecule has 148 valence electrons. The first-order chi connectivity index (χ1) is 11.9. The summed E-state index contributed by atoms with van der Waals surface area (Å²) < 4.78 is 23.8. The highest BCUT2D eigenvalue weighted by molar-refractivity contribution is 5.73. The van der Waals surface area contributed by atoms with Gasteiger partial charge < -0.3 is 23.7 Å². The first kappa shape index (κ1) is 19.6. The van der Waals surface area contributed by atoms with Crippen molar-refractivity contribution in [3.05, 3.63) is 0 Å². The van der Waals surface area contributed by atoms with E-state index < -0.39 is 46.7 Å². The number of methoxy groups -OCH3 is 1. The van der Waals surface area contributed by atoms with Gasteiger partial charge in [0.15, 0.2) is 5.79 Å². The number of amides is 1. The van der Waals surface area contributed by atoms with Gasteiger partial charge in [0.05, 0.1) is 24.1 Å². The minimum Gasteiger partial charge on any atom is -0.444 e. The monoisotopic (exact) mass is 369 g/mol. The maximum atomic E-state index is 12.8. The van der Waals surface area contributed by atoms with Crippen LogP contribution >= 0.6 is 0 Å². The SMILES string of the molecule is CO[C@@]1(C)O[C@@H]2CN(C(=O)OC(C)(C)C)C3(CC3)[C@H](C=O)[C@H]2OC1(C)C. The number of nitrogens with zero attached hydrogens (tertiary/aromatic N) is 1. The maximum Gasteiger partial charge on any atom is 0.410 e. The summed E-state index contributed by atoms with van der Waals surface area (Å²) in [4.78, 5) is 26.5. The molecule has 26 heavy (non-hydrogen) atoms. The van der Waals surface area contributed by atoms with Gasteiger partial charge in [0.25, 0.3) is 0 Å². The Morgan fingerprint density at radius 3 is 2.27 bits per heavy atom. The Labute approximate surface area is 155 Å². The molecule has 0 aromatic carbocycles. The van der Waals surface area contributed by atoms with Crippen molar-refractivity contribution in [3.63, 3.8) is 0 Å². The van der Waals surface area contributed by atoms with E-state index in [0.29, 0.717) is 6.54 Å². The molecule has 2 saturated heterocycles. The van der Waals surface area contributed by atoms with E-state index in [0.717, 1.165) is 19.1 Å². The van der Waals surface area contributed by atoms with Crippen molar-refractivity contribution in [1.29, 1.82) is 0 Å². The summed E-state index contributed by atoms with van der Waals surface area (Å²) in [6.07, 6.45) is 1.17. The number of carbonyl (C=O) groups excluding carboxylic acids is 2. The van der Waals surface area contributed by atoms with Gasteiger partial charge in [-0.3, -0.25) is 4.90 Å².